The highest BCUT2D eigenvalue weighted by atomic mass is 19.1. The predicted octanol–water partition coefficient (Wildman–Crippen LogP) is 3.05. The van der Waals surface area contributed by atoms with E-state index in [1.54, 1.807) is 19.1 Å². The van der Waals surface area contributed by atoms with Crippen molar-refractivity contribution in [3.63, 3.8) is 0 Å². The second-order valence-electron chi connectivity index (χ2n) is 3.88. The first-order chi connectivity index (χ1) is 8.06. The summed E-state index contributed by atoms with van der Waals surface area (Å²) in [5, 5.41) is 0. The number of benzene rings is 1. The van der Waals surface area contributed by atoms with E-state index in [4.69, 9.17) is 4.74 Å². The molecular weight excluding hydrogens is 223 g/mol. The van der Waals surface area contributed by atoms with Crippen LogP contribution in [0.3, 0.4) is 0 Å². The normalized spacial score (nSPS) is 12.3. The van der Waals surface area contributed by atoms with Crippen molar-refractivity contribution in [2.75, 3.05) is 6.61 Å². The maximum absolute atomic E-state index is 13.4. The topological polar surface area (TPSA) is 35.5 Å². The molecule has 0 spiro atoms. The first-order valence-corrected chi connectivity index (χ1v) is 5.62. The fraction of sp³-hybridized carbons (Fsp3) is 0.462. The molecule has 1 atom stereocenters. The van der Waals surface area contributed by atoms with E-state index in [9.17, 15) is 9.18 Å². The van der Waals surface area contributed by atoms with E-state index in [1.165, 1.54) is 0 Å². The summed E-state index contributed by atoms with van der Waals surface area (Å²) >= 11 is 0. The Kier molecular flexibility index (Phi) is 4.94. The molecule has 1 aromatic carbocycles. The standard InChI is InChI=1S/C13H17FO3/c1-4-16-13(15)12(14)17-11-8-6-5-7-10(11)9(2)3/h5-9,12H,4H2,1-3H3. The zero-order valence-corrected chi connectivity index (χ0v) is 10.3. The summed E-state index contributed by atoms with van der Waals surface area (Å²) in [6.45, 7) is 5.70. The SMILES string of the molecule is CCOC(=O)C(F)Oc1ccccc1C(C)C. The third-order valence-corrected chi connectivity index (χ3v) is 2.24. The fourth-order valence-corrected chi connectivity index (χ4v) is 1.43. The number of carbonyl (C=O) groups excluding carboxylic acids is 1. The van der Waals surface area contributed by atoms with Crippen LogP contribution in [0.25, 0.3) is 0 Å². The Labute approximate surface area is 101 Å². The molecular formula is C13H17FO3. The van der Waals surface area contributed by atoms with Gasteiger partial charge in [0.1, 0.15) is 5.75 Å². The average Bonchev–Trinajstić information content (AvgIpc) is 2.29. The summed E-state index contributed by atoms with van der Waals surface area (Å²) in [6.07, 6.45) is -2.07. The molecule has 0 aliphatic heterocycles. The number of alkyl halides is 1. The van der Waals surface area contributed by atoms with Crippen molar-refractivity contribution in [2.24, 2.45) is 0 Å². The van der Waals surface area contributed by atoms with Crippen molar-refractivity contribution < 1.29 is 18.7 Å². The molecule has 0 aliphatic rings. The molecule has 0 aliphatic carbocycles. The summed E-state index contributed by atoms with van der Waals surface area (Å²) < 4.78 is 22.9. The molecule has 3 nitrogen and oxygen atoms in total. The molecule has 0 radical (unpaired) electrons. The minimum absolute atomic E-state index is 0.133. The lowest BCUT2D eigenvalue weighted by Crippen LogP contribution is -2.25. The molecule has 0 bridgehead atoms. The van der Waals surface area contributed by atoms with Crippen LogP contribution in [-0.4, -0.2) is 18.9 Å². The van der Waals surface area contributed by atoms with E-state index in [0.717, 1.165) is 5.56 Å². The number of ether oxygens (including phenoxy) is 2. The molecule has 17 heavy (non-hydrogen) atoms. The lowest BCUT2D eigenvalue weighted by molar-refractivity contribution is -0.159. The maximum atomic E-state index is 13.4. The zero-order chi connectivity index (χ0) is 12.8. The van der Waals surface area contributed by atoms with Gasteiger partial charge in [-0.1, -0.05) is 32.0 Å². The van der Waals surface area contributed by atoms with Gasteiger partial charge >= 0.3 is 12.3 Å². The highest BCUT2D eigenvalue weighted by Gasteiger charge is 2.21. The van der Waals surface area contributed by atoms with Gasteiger partial charge in [0.05, 0.1) is 6.61 Å². The summed E-state index contributed by atoms with van der Waals surface area (Å²) in [5.74, 6) is -0.422. The highest BCUT2D eigenvalue weighted by molar-refractivity contribution is 5.73. The maximum Gasteiger partial charge on any atom is 0.381 e. The lowest BCUT2D eigenvalue weighted by atomic mass is 10.0. The predicted molar refractivity (Wildman–Crippen MR) is 62.7 cm³/mol. The third-order valence-electron chi connectivity index (χ3n) is 2.24. The number of carbonyl (C=O) groups is 1. The van der Waals surface area contributed by atoms with E-state index in [1.807, 2.05) is 26.0 Å². The molecule has 94 valence electrons. The van der Waals surface area contributed by atoms with Gasteiger partial charge in [0.15, 0.2) is 0 Å². The lowest BCUT2D eigenvalue weighted by Gasteiger charge is -2.15. The average molecular weight is 240 g/mol. The van der Waals surface area contributed by atoms with Gasteiger partial charge in [0.2, 0.25) is 0 Å². The van der Waals surface area contributed by atoms with E-state index >= 15 is 0 Å². The monoisotopic (exact) mass is 240 g/mol. The van der Waals surface area contributed by atoms with Crippen molar-refractivity contribution in [1.29, 1.82) is 0 Å². The number of rotatable bonds is 5. The minimum atomic E-state index is -2.07. The number of esters is 1. The van der Waals surface area contributed by atoms with E-state index in [0.29, 0.717) is 5.75 Å². The zero-order valence-electron chi connectivity index (χ0n) is 10.3. The quantitative estimate of drug-likeness (QED) is 0.742. The number of para-hydroxylation sites is 1. The van der Waals surface area contributed by atoms with Crippen LogP contribution in [0.2, 0.25) is 0 Å². The molecule has 0 aromatic heterocycles. The molecule has 0 saturated carbocycles. The Morgan fingerprint density at radius 2 is 2.00 bits per heavy atom. The van der Waals surface area contributed by atoms with Gasteiger partial charge in [-0.25, -0.2) is 4.79 Å². The van der Waals surface area contributed by atoms with Gasteiger partial charge in [-0.3, -0.25) is 0 Å². The molecule has 0 saturated heterocycles. The smallest absolute Gasteiger partial charge is 0.381 e. The van der Waals surface area contributed by atoms with Gasteiger partial charge in [-0.15, -0.1) is 0 Å². The van der Waals surface area contributed by atoms with Crippen LogP contribution in [0, 0.1) is 0 Å². The largest absolute Gasteiger partial charge is 0.461 e. The molecule has 0 amide bonds. The summed E-state index contributed by atoms with van der Waals surface area (Å²) in [5.41, 5.74) is 0.861. The first-order valence-electron chi connectivity index (χ1n) is 5.62. The van der Waals surface area contributed by atoms with Crippen LogP contribution < -0.4 is 4.74 Å². The molecule has 0 fully saturated rings. The van der Waals surface area contributed by atoms with Crippen molar-refractivity contribution in [3.8, 4) is 5.75 Å². The summed E-state index contributed by atoms with van der Waals surface area (Å²) in [7, 11) is 0. The van der Waals surface area contributed by atoms with Gasteiger partial charge in [0, 0.05) is 0 Å². The Bertz CT molecular complexity index is 377. The summed E-state index contributed by atoms with van der Waals surface area (Å²) in [4.78, 5) is 11.1. The molecule has 1 unspecified atom stereocenters. The van der Waals surface area contributed by atoms with Crippen LogP contribution in [-0.2, 0) is 9.53 Å². The van der Waals surface area contributed by atoms with E-state index in [2.05, 4.69) is 4.74 Å². The summed E-state index contributed by atoms with van der Waals surface area (Å²) in [6, 6.07) is 7.07. The van der Waals surface area contributed by atoms with Gasteiger partial charge < -0.3 is 9.47 Å². The fourth-order valence-electron chi connectivity index (χ4n) is 1.43. The van der Waals surface area contributed by atoms with Gasteiger partial charge in [-0.05, 0) is 24.5 Å². The van der Waals surface area contributed by atoms with Crippen LogP contribution >= 0.6 is 0 Å². The number of hydrogen-bond donors (Lipinski definition) is 0. The van der Waals surface area contributed by atoms with Crippen molar-refractivity contribution in [3.05, 3.63) is 29.8 Å². The minimum Gasteiger partial charge on any atom is -0.461 e. The van der Waals surface area contributed by atoms with Crippen molar-refractivity contribution in [1.82, 2.24) is 0 Å². The second-order valence-corrected chi connectivity index (χ2v) is 3.88. The van der Waals surface area contributed by atoms with Crippen molar-refractivity contribution >= 4 is 5.97 Å². The molecule has 0 heterocycles. The van der Waals surface area contributed by atoms with Crippen molar-refractivity contribution in [2.45, 2.75) is 33.0 Å². The van der Waals surface area contributed by atoms with Crippen LogP contribution in [0.1, 0.15) is 32.3 Å². The first kappa shape index (κ1) is 13.5. The Balaban J connectivity index is 2.77. The Hall–Kier alpha value is -1.58. The number of halogens is 1. The van der Waals surface area contributed by atoms with E-state index in [-0.39, 0.29) is 12.5 Å². The molecule has 4 heteroatoms. The molecule has 0 N–H and O–H groups in total. The van der Waals surface area contributed by atoms with E-state index < -0.39 is 12.3 Å². The Morgan fingerprint density at radius 3 is 2.59 bits per heavy atom. The molecule has 1 rings (SSSR count). The van der Waals surface area contributed by atoms with Crippen LogP contribution in [0.15, 0.2) is 24.3 Å². The highest BCUT2D eigenvalue weighted by Crippen LogP contribution is 2.27. The van der Waals surface area contributed by atoms with Gasteiger partial charge in [-0.2, -0.15) is 4.39 Å². The van der Waals surface area contributed by atoms with Crippen LogP contribution in [0.5, 0.6) is 5.75 Å². The van der Waals surface area contributed by atoms with Crippen LogP contribution in [0.4, 0.5) is 4.39 Å². The Morgan fingerprint density at radius 1 is 1.35 bits per heavy atom. The second kappa shape index (κ2) is 6.23. The van der Waals surface area contributed by atoms with Gasteiger partial charge in [0.25, 0.3) is 0 Å². The number of hydrogen-bond acceptors (Lipinski definition) is 3. The third kappa shape index (κ3) is 3.73. The molecule has 1 aromatic rings.